The Labute approximate surface area is 111 Å². The van der Waals surface area contributed by atoms with E-state index in [2.05, 4.69) is 16.8 Å². The van der Waals surface area contributed by atoms with Gasteiger partial charge in [-0.15, -0.1) is 0 Å². The quantitative estimate of drug-likeness (QED) is 0.749. The van der Waals surface area contributed by atoms with Gasteiger partial charge in [-0.05, 0) is 64.6 Å². The Hall–Kier alpha value is -0.570. The van der Waals surface area contributed by atoms with E-state index >= 15 is 0 Å². The van der Waals surface area contributed by atoms with Gasteiger partial charge in [0.1, 0.15) is 0 Å². The van der Waals surface area contributed by atoms with Crippen LogP contribution in [0.3, 0.4) is 0 Å². The highest BCUT2D eigenvalue weighted by Gasteiger charge is 2.39. The summed E-state index contributed by atoms with van der Waals surface area (Å²) in [5, 5.41) is 0. The number of amides is 1. The lowest BCUT2D eigenvalue weighted by molar-refractivity contribution is -0.140. The minimum atomic E-state index is 0.386. The fourth-order valence-electron chi connectivity index (χ4n) is 3.86. The standard InChI is InChI=1S/C15H26N2O/c1-16-10-7-12(8-11-16)14-6-3-9-17(14)15(18)13-4-2-5-13/h12-14H,2-11H2,1H3/t14-/m0/s1. The van der Waals surface area contributed by atoms with Crippen LogP contribution in [0.4, 0.5) is 0 Å². The van der Waals surface area contributed by atoms with Crippen molar-refractivity contribution in [2.75, 3.05) is 26.7 Å². The third kappa shape index (κ3) is 2.29. The van der Waals surface area contributed by atoms with Crippen LogP contribution < -0.4 is 0 Å². The van der Waals surface area contributed by atoms with Crippen molar-refractivity contribution in [2.45, 2.75) is 51.0 Å². The molecule has 1 aliphatic carbocycles. The van der Waals surface area contributed by atoms with Gasteiger partial charge in [-0.3, -0.25) is 4.79 Å². The molecule has 102 valence electrons. The third-order valence-corrected chi connectivity index (χ3v) is 5.34. The van der Waals surface area contributed by atoms with Gasteiger partial charge in [0.15, 0.2) is 0 Å². The Bertz CT molecular complexity index is 306. The number of piperidine rings is 1. The highest BCUT2D eigenvalue weighted by Crippen LogP contribution is 2.35. The molecule has 3 rings (SSSR count). The van der Waals surface area contributed by atoms with E-state index in [1.54, 1.807) is 0 Å². The molecule has 0 aromatic rings. The summed E-state index contributed by atoms with van der Waals surface area (Å²) >= 11 is 0. The van der Waals surface area contributed by atoms with Crippen LogP contribution >= 0.6 is 0 Å². The average molecular weight is 250 g/mol. The van der Waals surface area contributed by atoms with Crippen molar-refractivity contribution in [2.24, 2.45) is 11.8 Å². The average Bonchev–Trinajstić information content (AvgIpc) is 2.76. The third-order valence-electron chi connectivity index (χ3n) is 5.34. The number of carbonyl (C=O) groups is 1. The number of nitrogens with zero attached hydrogens (tertiary/aromatic N) is 2. The number of carbonyl (C=O) groups excluding carboxylic acids is 1. The summed E-state index contributed by atoms with van der Waals surface area (Å²) in [4.78, 5) is 17.1. The van der Waals surface area contributed by atoms with Crippen LogP contribution in [0.5, 0.6) is 0 Å². The molecule has 2 heterocycles. The van der Waals surface area contributed by atoms with Crippen LogP contribution in [0.1, 0.15) is 44.9 Å². The molecule has 3 fully saturated rings. The Kier molecular flexibility index (Phi) is 3.60. The summed E-state index contributed by atoms with van der Waals surface area (Å²) in [6, 6.07) is 0.576. The summed E-state index contributed by atoms with van der Waals surface area (Å²) < 4.78 is 0. The highest BCUT2D eigenvalue weighted by molar-refractivity contribution is 5.80. The number of rotatable bonds is 2. The fourth-order valence-corrected chi connectivity index (χ4v) is 3.86. The van der Waals surface area contributed by atoms with Crippen LogP contribution in [0.2, 0.25) is 0 Å². The van der Waals surface area contributed by atoms with Gasteiger partial charge < -0.3 is 9.80 Å². The first kappa shape index (κ1) is 12.5. The van der Waals surface area contributed by atoms with Crippen molar-refractivity contribution in [3.8, 4) is 0 Å². The van der Waals surface area contributed by atoms with Gasteiger partial charge in [0.2, 0.25) is 5.91 Å². The molecular formula is C15H26N2O. The highest BCUT2D eigenvalue weighted by atomic mass is 16.2. The Morgan fingerprint density at radius 3 is 2.28 bits per heavy atom. The molecule has 0 aromatic heterocycles. The van der Waals surface area contributed by atoms with E-state index in [-0.39, 0.29) is 0 Å². The van der Waals surface area contributed by atoms with Crippen molar-refractivity contribution in [1.82, 2.24) is 9.80 Å². The lowest BCUT2D eigenvalue weighted by atomic mass is 9.83. The minimum Gasteiger partial charge on any atom is -0.339 e. The molecule has 0 unspecified atom stereocenters. The molecule has 0 radical (unpaired) electrons. The van der Waals surface area contributed by atoms with E-state index in [1.165, 1.54) is 45.2 Å². The van der Waals surface area contributed by atoms with E-state index in [4.69, 9.17) is 0 Å². The fraction of sp³-hybridized carbons (Fsp3) is 0.933. The van der Waals surface area contributed by atoms with Crippen molar-refractivity contribution in [3.63, 3.8) is 0 Å². The van der Waals surface area contributed by atoms with Gasteiger partial charge in [0.05, 0.1) is 0 Å². The number of likely N-dealkylation sites (tertiary alicyclic amines) is 2. The van der Waals surface area contributed by atoms with Gasteiger partial charge >= 0.3 is 0 Å². The Morgan fingerprint density at radius 1 is 0.944 bits per heavy atom. The maximum Gasteiger partial charge on any atom is 0.225 e. The summed E-state index contributed by atoms with van der Waals surface area (Å²) in [7, 11) is 2.21. The molecule has 0 bridgehead atoms. The topological polar surface area (TPSA) is 23.6 Å². The molecule has 18 heavy (non-hydrogen) atoms. The number of hydrogen-bond acceptors (Lipinski definition) is 2. The zero-order valence-corrected chi connectivity index (χ0v) is 11.6. The first-order valence-corrected chi connectivity index (χ1v) is 7.75. The van der Waals surface area contributed by atoms with Crippen molar-refractivity contribution in [3.05, 3.63) is 0 Å². The maximum absolute atomic E-state index is 12.5. The molecule has 0 spiro atoms. The second-order valence-corrected chi connectivity index (χ2v) is 6.51. The predicted octanol–water partition coefficient (Wildman–Crippen LogP) is 2.12. The molecule has 1 amide bonds. The first-order valence-electron chi connectivity index (χ1n) is 7.75. The molecule has 0 aromatic carbocycles. The van der Waals surface area contributed by atoms with E-state index in [0.717, 1.165) is 25.3 Å². The number of hydrogen-bond donors (Lipinski definition) is 0. The summed E-state index contributed by atoms with van der Waals surface area (Å²) in [6.45, 7) is 3.46. The van der Waals surface area contributed by atoms with Crippen molar-refractivity contribution >= 4 is 5.91 Å². The van der Waals surface area contributed by atoms with E-state index in [1.807, 2.05) is 0 Å². The lowest BCUT2D eigenvalue weighted by Gasteiger charge is -2.39. The summed E-state index contributed by atoms with van der Waals surface area (Å²) in [6.07, 6.45) is 8.63. The van der Waals surface area contributed by atoms with Crippen LogP contribution in [-0.4, -0.2) is 48.4 Å². The van der Waals surface area contributed by atoms with Gasteiger partial charge in [-0.2, -0.15) is 0 Å². The molecule has 2 aliphatic heterocycles. The second-order valence-electron chi connectivity index (χ2n) is 6.51. The van der Waals surface area contributed by atoms with E-state index in [0.29, 0.717) is 17.9 Å². The summed E-state index contributed by atoms with van der Waals surface area (Å²) in [5.74, 6) is 1.65. The molecule has 3 aliphatic rings. The smallest absolute Gasteiger partial charge is 0.225 e. The maximum atomic E-state index is 12.5. The summed E-state index contributed by atoms with van der Waals surface area (Å²) in [5.41, 5.74) is 0. The normalized spacial score (nSPS) is 31.6. The molecule has 3 heteroatoms. The zero-order valence-electron chi connectivity index (χ0n) is 11.6. The minimum absolute atomic E-state index is 0.386. The van der Waals surface area contributed by atoms with Crippen LogP contribution in [-0.2, 0) is 4.79 Å². The Balaban J connectivity index is 1.61. The zero-order chi connectivity index (χ0) is 12.5. The van der Waals surface area contributed by atoms with Crippen LogP contribution in [0.25, 0.3) is 0 Å². The van der Waals surface area contributed by atoms with Crippen molar-refractivity contribution in [1.29, 1.82) is 0 Å². The lowest BCUT2D eigenvalue weighted by Crippen LogP contribution is -2.47. The van der Waals surface area contributed by atoms with Crippen LogP contribution in [0, 0.1) is 11.8 Å². The molecule has 1 saturated carbocycles. The van der Waals surface area contributed by atoms with E-state index < -0.39 is 0 Å². The SMILES string of the molecule is CN1CCC([C@@H]2CCCN2C(=O)C2CCC2)CC1. The van der Waals surface area contributed by atoms with Gasteiger partial charge in [0, 0.05) is 18.5 Å². The van der Waals surface area contributed by atoms with Crippen LogP contribution in [0.15, 0.2) is 0 Å². The monoisotopic (exact) mass is 250 g/mol. The van der Waals surface area contributed by atoms with Gasteiger partial charge in [-0.1, -0.05) is 6.42 Å². The Morgan fingerprint density at radius 2 is 1.67 bits per heavy atom. The molecule has 0 N–H and O–H groups in total. The molecule has 1 atom stereocenters. The first-order chi connectivity index (χ1) is 8.75. The van der Waals surface area contributed by atoms with E-state index in [9.17, 15) is 4.79 Å². The molecule has 3 nitrogen and oxygen atoms in total. The van der Waals surface area contributed by atoms with Gasteiger partial charge in [-0.25, -0.2) is 0 Å². The van der Waals surface area contributed by atoms with Crippen molar-refractivity contribution < 1.29 is 4.79 Å². The predicted molar refractivity (Wildman–Crippen MR) is 72.3 cm³/mol. The second kappa shape index (κ2) is 5.20. The molecule has 2 saturated heterocycles. The largest absolute Gasteiger partial charge is 0.339 e. The molecular weight excluding hydrogens is 224 g/mol. The van der Waals surface area contributed by atoms with Gasteiger partial charge in [0.25, 0.3) is 0 Å².